The van der Waals surface area contributed by atoms with Crippen molar-refractivity contribution in [2.24, 2.45) is 5.92 Å². The van der Waals surface area contributed by atoms with Crippen LogP contribution in [0.15, 0.2) is 6.07 Å². The van der Waals surface area contributed by atoms with Gasteiger partial charge >= 0.3 is 0 Å². The van der Waals surface area contributed by atoms with E-state index in [1.165, 1.54) is 0 Å². The fourth-order valence-corrected chi connectivity index (χ4v) is 5.26. The molecule has 0 aromatic heterocycles. The summed E-state index contributed by atoms with van der Waals surface area (Å²) >= 11 is 6.28. The number of carbonyl (C=O) groups excluding carboxylic acids is 1. The molecule has 0 saturated carbocycles. The maximum absolute atomic E-state index is 10.9. The molecule has 1 N–H and O–H groups in total. The number of aliphatic carboxylic acids is 1. The van der Waals surface area contributed by atoms with Crippen molar-refractivity contribution in [3.63, 3.8) is 0 Å². The molecule has 0 aliphatic heterocycles. The van der Waals surface area contributed by atoms with Crippen LogP contribution in [0.2, 0.25) is 0 Å². The number of carboxylic acid groups (broad SMARTS) is 1. The summed E-state index contributed by atoms with van der Waals surface area (Å²) in [6.07, 6.45) is 0.932. The quantitative estimate of drug-likeness (QED) is 0.566. The number of rotatable bonds is 4. The van der Waals surface area contributed by atoms with E-state index < -0.39 is 11.9 Å². The number of halogens is 3. The topological polar surface area (TPSA) is 60.4 Å². The highest BCUT2D eigenvalue weighted by Gasteiger charge is 2.17. The molecule has 0 amide bonds. The lowest BCUT2D eigenvalue weighted by Crippen LogP contribution is -2.32. The van der Waals surface area contributed by atoms with E-state index in [0.29, 0.717) is 12.8 Å². The molecule has 1 aromatic carbocycles. The summed E-state index contributed by atoms with van der Waals surface area (Å²) < 4.78 is 2.49. The van der Waals surface area contributed by atoms with Crippen molar-refractivity contribution in [1.82, 2.24) is 0 Å². The van der Waals surface area contributed by atoms with Crippen LogP contribution in [-0.2, 0) is 11.2 Å². The van der Waals surface area contributed by atoms with Crippen molar-refractivity contribution in [3.8, 4) is 5.75 Å². The maximum Gasteiger partial charge on any atom is 0.142 e. The molecule has 1 atom stereocenters. The van der Waals surface area contributed by atoms with E-state index in [1.54, 1.807) is 0 Å². The summed E-state index contributed by atoms with van der Waals surface area (Å²) in [6, 6.07) is 1.86. The number of phenolic OH excluding ortho intramolecular Hbond substituents is 1. The molecule has 0 saturated heterocycles. The second-order valence-electron chi connectivity index (χ2n) is 3.61. The Balaban J connectivity index is 3.14. The Bertz CT molecular complexity index is 446. The Kier molecular flexibility index (Phi) is 6.23. The largest absolute Gasteiger partial charge is 0.550 e. The van der Waals surface area contributed by atoms with Crippen LogP contribution >= 0.6 is 67.8 Å². The lowest BCUT2D eigenvalue weighted by molar-refractivity contribution is -0.311. The van der Waals surface area contributed by atoms with Gasteiger partial charge in [0, 0.05) is 15.5 Å². The van der Waals surface area contributed by atoms with E-state index in [-0.39, 0.29) is 5.75 Å². The molecule has 0 spiro atoms. The van der Waals surface area contributed by atoms with E-state index in [2.05, 4.69) is 67.8 Å². The molecule has 0 radical (unpaired) electrons. The molecule has 17 heavy (non-hydrogen) atoms. The van der Waals surface area contributed by atoms with Gasteiger partial charge in [0.05, 0.1) is 7.14 Å². The number of phenols is 1. The highest BCUT2D eigenvalue weighted by atomic mass is 127. The normalized spacial score (nSPS) is 12.5. The summed E-state index contributed by atoms with van der Waals surface area (Å²) in [4.78, 5) is 10.9. The predicted octanol–water partition coefficient (Wildman–Crippen LogP) is 2.52. The Morgan fingerprint density at radius 1 is 1.41 bits per heavy atom. The number of carboxylic acids is 1. The molecule has 0 fully saturated rings. The van der Waals surface area contributed by atoms with Crippen LogP contribution in [-0.4, -0.2) is 11.1 Å². The lowest BCUT2D eigenvalue weighted by Gasteiger charge is -2.18. The molecule has 3 nitrogen and oxygen atoms in total. The zero-order chi connectivity index (χ0) is 13.2. The minimum absolute atomic E-state index is 0.231. The van der Waals surface area contributed by atoms with Crippen LogP contribution in [0.5, 0.6) is 5.75 Å². The van der Waals surface area contributed by atoms with E-state index in [9.17, 15) is 15.0 Å². The highest BCUT2D eigenvalue weighted by Crippen LogP contribution is 2.33. The van der Waals surface area contributed by atoms with Gasteiger partial charge in [-0.1, -0.05) is 6.92 Å². The second-order valence-corrected chi connectivity index (χ2v) is 7.01. The van der Waals surface area contributed by atoms with Crippen LogP contribution in [0.1, 0.15) is 18.9 Å². The van der Waals surface area contributed by atoms with Gasteiger partial charge in [0.25, 0.3) is 0 Å². The van der Waals surface area contributed by atoms with E-state index in [0.717, 1.165) is 16.3 Å². The SMILES string of the molecule is CCC(Cc1c(I)cc(I)c(O)c1I)C(=O)[O-]. The zero-order valence-electron chi connectivity index (χ0n) is 8.97. The van der Waals surface area contributed by atoms with Gasteiger partial charge in [-0.2, -0.15) is 0 Å². The molecular formula is C11H10I3O3-. The standard InChI is InChI=1S/C11H11I3O3/c1-2-5(11(16)17)3-6-7(12)4-8(13)10(15)9(6)14/h4-5,15H,2-3H2,1H3,(H,16,17)/p-1. The van der Waals surface area contributed by atoms with Crippen LogP contribution in [0.3, 0.4) is 0 Å². The number of aromatic hydroxyl groups is 1. The second kappa shape index (κ2) is 6.73. The Hall–Kier alpha value is 0.680. The van der Waals surface area contributed by atoms with E-state index in [4.69, 9.17) is 0 Å². The molecule has 94 valence electrons. The molecule has 0 aliphatic carbocycles. The Morgan fingerprint density at radius 2 is 2.00 bits per heavy atom. The first kappa shape index (κ1) is 15.7. The van der Waals surface area contributed by atoms with Crippen LogP contribution < -0.4 is 5.11 Å². The van der Waals surface area contributed by atoms with Gasteiger partial charge in [0.1, 0.15) is 5.75 Å². The van der Waals surface area contributed by atoms with Gasteiger partial charge in [0.2, 0.25) is 0 Å². The lowest BCUT2D eigenvalue weighted by atomic mass is 9.97. The Morgan fingerprint density at radius 3 is 2.47 bits per heavy atom. The summed E-state index contributed by atoms with van der Waals surface area (Å²) in [5, 5.41) is 20.8. The first-order chi connectivity index (χ1) is 7.88. The molecule has 1 aromatic rings. The monoisotopic (exact) mass is 571 g/mol. The molecule has 0 bridgehead atoms. The van der Waals surface area contributed by atoms with Gasteiger partial charge in [-0.05, 0) is 92.2 Å². The third-order valence-corrected chi connectivity index (χ3v) is 5.46. The minimum atomic E-state index is -1.03. The maximum atomic E-state index is 10.9. The smallest absolute Gasteiger partial charge is 0.142 e. The van der Waals surface area contributed by atoms with Crippen molar-refractivity contribution < 1.29 is 15.0 Å². The van der Waals surface area contributed by atoms with Crippen LogP contribution in [0, 0.1) is 16.6 Å². The molecule has 1 rings (SSSR count). The first-order valence-electron chi connectivity index (χ1n) is 4.94. The van der Waals surface area contributed by atoms with Crippen LogP contribution in [0.25, 0.3) is 0 Å². The van der Waals surface area contributed by atoms with Crippen molar-refractivity contribution in [2.45, 2.75) is 19.8 Å². The van der Waals surface area contributed by atoms with Crippen molar-refractivity contribution in [3.05, 3.63) is 22.3 Å². The molecule has 6 heteroatoms. The highest BCUT2D eigenvalue weighted by molar-refractivity contribution is 14.1. The van der Waals surface area contributed by atoms with Crippen molar-refractivity contribution in [1.29, 1.82) is 0 Å². The van der Waals surface area contributed by atoms with Gasteiger partial charge in [0.15, 0.2) is 0 Å². The summed E-state index contributed by atoms with van der Waals surface area (Å²) in [5.41, 5.74) is 0.889. The first-order valence-corrected chi connectivity index (χ1v) is 8.18. The molecule has 1 unspecified atom stereocenters. The van der Waals surface area contributed by atoms with Crippen molar-refractivity contribution in [2.75, 3.05) is 0 Å². The minimum Gasteiger partial charge on any atom is -0.550 e. The fraction of sp³-hybridized carbons (Fsp3) is 0.364. The number of hydrogen-bond acceptors (Lipinski definition) is 3. The molecule has 0 aliphatic rings. The van der Waals surface area contributed by atoms with Gasteiger partial charge in [-0.3, -0.25) is 0 Å². The predicted molar refractivity (Wildman–Crippen MR) is 88.7 cm³/mol. The zero-order valence-corrected chi connectivity index (χ0v) is 15.4. The number of carbonyl (C=O) groups is 1. The van der Waals surface area contributed by atoms with Gasteiger partial charge in [-0.15, -0.1) is 0 Å². The van der Waals surface area contributed by atoms with Crippen molar-refractivity contribution >= 4 is 73.7 Å². The third-order valence-electron chi connectivity index (χ3n) is 2.52. The van der Waals surface area contributed by atoms with E-state index in [1.807, 2.05) is 13.0 Å². The third kappa shape index (κ3) is 3.82. The van der Waals surface area contributed by atoms with Gasteiger partial charge in [-0.25, -0.2) is 0 Å². The average molecular weight is 571 g/mol. The number of hydrogen-bond donors (Lipinski definition) is 1. The van der Waals surface area contributed by atoms with Gasteiger partial charge < -0.3 is 15.0 Å². The number of benzene rings is 1. The summed E-state index contributed by atoms with van der Waals surface area (Å²) in [5.74, 6) is -1.30. The average Bonchev–Trinajstić information content (AvgIpc) is 2.26. The van der Waals surface area contributed by atoms with E-state index >= 15 is 0 Å². The molecular weight excluding hydrogens is 561 g/mol. The summed E-state index contributed by atoms with van der Waals surface area (Å²) in [6.45, 7) is 1.83. The van der Waals surface area contributed by atoms with Crippen LogP contribution in [0.4, 0.5) is 0 Å². The summed E-state index contributed by atoms with van der Waals surface area (Å²) in [7, 11) is 0. The fourth-order valence-electron chi connectivity index (χ4n) is 1.45. The Labute approximate surface area is 141 Å². The molecule has 0 heterocycles.